The molecule has 0 aliphatic rings. The monoisotopic (exact) mass is 228 g/mol. The van der Waals surface area contributed by atoms with Gasteiger partial charge in [0.05, 0.1) is 0 Å². The van der Waals surface area contributed by atoms with Crippen LogP contribution in [0, 0.1) is 0 Å². The maximum atomic E-state index is 3.43. The van der Waals surface area contributed by atoms with Crippen molar-refractivity contribution in [2.75, 3.05) is 6.54 Å². The first-order chi connectivity index (χ1) is 8.29. The van der Waals surface area contributed by atoms with Crippen LogP contribution in [0.15, 0.2) is 48.8 Å². The van der Waals surface area contributed by atoms with E-state index in [4.69, 9.17) is 0 Å². The maximum absolute atomic E-state index is 3.43. The van der Waals surface area contributed by atoms with Crippen LogP contribution in [0.2, 0.25) is 0 Å². The molecule has 0 spiro atoms. The van der Waals surface area contributed by atoms with Crippen LogP contribution in [0.1, 0.15) is 31.0 Å². The summed E-state index contributed by atoms with van der Waals surface area (Å²) in [7, 11) is 0. The molecule has 0 amide bonds. The van der Waals surface area contributed by atoms with Gasteiger partial charge >= 0.3 is 0 Å². The number of aromatic nitrogens is 1. The molecule has 90 valence electrons. The quantitative estimate of drug-likeness (QED) is 0.831. The molecule has 1 aromatic heterocycles. The zero-order valence-electron chi connectivity index (χ0n) is 10.6. The number of nitrogens with one attached hydrogen (secondary N) is 1. The van der Waals surface area contributed by atoms with E-state index in [1.165, 1.54) is 11.1 Å². The second-order valence-corrected chi connectivity index (χ2v) is 4.38. The Morgan fingerprint density at radius 1 is 1.18 bits per heavy atom. The van der Waals surface area contributed by atoms with Crippen LogP contribution in [0.25, 0.3) is 0 Å². The predicted octanol–water partition coefficient (Wildman–Crippen LogP) is 3.21. The fraction of sp³-hybridized carbons (Fsp3) is 0.333. The highest BCUT2D eigenvalue weighted by Gasteiger charge is 2.05. The topological polar surface area (TPSA) is 17.0 Å². The normalized spacial score (nSPS) is 12.6. The van der Waals surface area contributed by atoms with E-state index in [9.17, 15) is 0 Å². The van der Waals surface area contributed by atoms with Crippen LogP contribution in [0.5, 0.6) is 0 Å². The van der Waals surface area contributed by atoms with Crippen molar-refractivity contribution in [1.29, 1.82) is 0 Å². The Hall–Kier alpha value is -1.54. The smallest absolute Gasteiger partial charge is 0.0470 e. The molecule has 1 atom stereocenters. The van der Waals surface area contributed by atoms with Crippen molar-refractivity contribution in [3.05, 3.63) is 59.9 Å². The third kappa shape index (κ3) is 3.21. The molecule has 1 heterocycles. The zero-order chi connectivity index (χ0) is 12.1. The third-order valence-electron chi connectivity index (χ3n) is 2.99. The Morgan fingerprint density at radius 3 is 2.65 bits per heavy atom. The van der Waals surface area contributed by atoms with E-state index in [2.05, 4.69) is 72.5 Å². The summed E-state index contributed by atoms with van der Waals surface area (Å²) in [6, 6.07) is 13.2. The van der Waals surface area contributed by atoms with Crippen molar-refractivity contribution in [3.63, 3.8) is 0 Å². The lowest BCUT2D eigenvalue weighted by atomic mass is 10.2. The lowest BCUT2D eigenvalue weighted by Gasteiger charge is -2.09. The Labute approximate surface area is 103 Å². The molecule has 0 fully saturated rings. The highest BCUT2D eigenvalue weighted by atomic mass is 15.0. The summed E-state index contributed by atoms with van der Waals surface area (Å²) >= 11 is 0. The van der Waals surface area contributed by atoms with Crippen molar-refractivity contribution in [2.45, 2.75) is 26.4 Å². The number of hydrogen-bond acceptors (Lipinski definition) is 1. The molecule has 0 radical (unpaired) electrons. The van der Waals surface area contributed by atoms with Crippen molar-refractivity contribution in [2.24, 2.45) is 0 Å². The van der Waals surface area contributed by atoms with Crippen LogP contribution in [0.4, 0.5) is 0 Å². The Balaban J connectivity index is 2.04. The molecule has 0 saturated heterocycles. The minimum atomic E-state index is 0.428. The first kappa shape index (κ1) is 11.9. The Kier molecular flexibility index (Phi) is 3.99. The molecule has 2 heteroatoms. The van der Waals surface area contributed by atoms with Gasteiger partial charge in [-0.15, -0.1) is 0 Å². The van der Waals surface area contributed by atoms with Crippen LogP contribution < -0.4 is 5.32 Å². The van der Waals surface area contributed by atoms with E-state index in [1.54, 1.807) is 0 Å². The minimum Gasteiger partial charge on any atom is -0.350 e. The van der Waals surface area contributed by atoms with E-state index in [-0.39, 0.29) is 0 Å². The second-order valence-electron chi connectivity index (χ2n) is 4.38. The highest BCUT2D eigenvalue weighted by Crippen LogP contribution is 2.13. The minimum absolute atomic E-state index is 0.428. The van der Waals surface area contributed by atoms with Gasteiger partial charge in [-0.05, 0) is 30.7 Å². The van der Waals surface area contributed by atoms with Gasteiger partial charge in [0.2, 0.25) is 0 Å². The van der Waals surface area contributed by atoms with Gasteiger partial charge in [-0.3, -0.25) is 0 Å². The first-order valence-electron chi connectivity index (χ1n) is 6.22. The predicted molar refractivity (Wildman–Crippen MR) is 72.1 cm³/mol. The molecule has 0 aliphatic carbocycles. The molecular weight excluding hydrogens is 208 g/mol. The molecule has 1 aromatic carbocycles. The first-order valence-corrected chi connectivity index (χ1v) is 6.22. The maximum Gasteiger partial charge on any atom is 0.0470 e. The van der Waals surface area contributed by atoms with Crippen molar-refractivity contribution >= 4 is 0 Å². The summed E-state index contributed by atoms with van der Waals surface area (Å²) in [6.07, 6.45) is 4.37. The fourth-order valence-electron chi connectivity index (χ4n) is 2.03. The average Bonchev–Trinajstić information content (AvgIpc) is 2.79. The van der Waals surface area contributed by atoms with Gasteiger partial charge in [0.15, 0.2) is 0 Å². The van der Waals surface area contributed by atoms with Crippen molar-refractivity contribution in [1.82, 2.24) is 9.88 Å². The molecule has 17 heavy (non-hydrogen) atoms. The van der Waals surface area contributed by atoms with Crippen LogP contribution >= 0.6 is 0 Å². The fourth-order valence-corrected chi connectivity index (χ4v) is 2.03. The van der Waals surface area contributed by atoms with Gasteiger partial charge in [-0.1, -0.05) is 37.3 Å². The largest absolute Gasteiger partial charge is 0.350 e. The Morgan fingerprint density at radius 2 is 1.94 bits per heavy atom. The molecule has 0 aliphatic heterocycles. The van der Waals surface area contributed by atoms with Crippen molar-refractivity contribution < 1.29 is 0 Å². The highest BCUT2D eigenvalue weighted by molar-refractivity contribution is 5.19. The molecule has 2 rings (SSSR count). The SMILES string of the molecule is CCN[C@H](C)c1ccn(Cc2ccccc2)c1. The number of nitrogens with zero attached hydrogens (tertiary/aromatic N) is 1. The summed E-state index contributed by atoms with van der Waals surface area (Å²) in [6.45, 7) is 6.29. The second kappa shape index (κ2) is 5.69. The summed E-state index contributed by atoms with van der Waals surface area (Å²) in [5.41, 5.74) is 2.69. The van der Waals surface area contributed by atoms with Gasteiger partial charge in [0.25, 0.3) is 0 Å². The zero-order valence-corrected chi connectivity index (χ0v) is 10.6. The van der Waals surface area contributed by atoms with Crippen LogP contribution in [0.3, 0.4) is 0 Å². The summed E-state index contributed by atoms with van der Waals surface area (Å²) < 4.78 is 2.23. The lowest BCUT2D eigenvalue weighted by Crippen LogP contribution is -2.17. The van der Waals surface area contributed by atoms with Gasteiger partial charge in [-0.2, -0.15) is 0 Å². The van der Waals surface area contributed by atoms with Crippen LogP contribution in [-0.2, 0) is 6.54 Å². The summed E-state index contributed by atoms with van der Waals surface area (Å²) in [4.78, 5) is 0. The van der Waals surface area contributed by atoms with E-state index in [0.717, 1.165) is 13.1 Å². The molecule has 2 nitrogen and oxygen atoms in total. The average molecular weight is 228 g/mol. The van der Waals surface area contributed by atoms with Crippen molar-refractivity contribution in [3.8, 4) is 0 Å². The van der Waals surface area contributed by atoms with E-state index in [1.807, 2.05) is 0 Å². The van der Waals surface area contributed by atoms with Gasteiger partial charge in [0, 0.05) is 25.0 Å². The molecule has 0 saturated carbocycles. The van der Waals surface area contributed by atoms with E-state index >= 15 is 0 Å². The van der Waals surface area contributed by atoms with Gasteiger partial charge < -0.3 is 9.88 Å². The van der Waals surface area contributed by atoms with E-state index < -0.39 is 0 Å². The van der Waals surface area contributed by atoms with E-state index in [0.29, 0.717) is 6.04 Å². The molecule has 0 unspecified atom stereocenters. The van der Waals surface area contributed by atoms with Gasteiger partial charge in [-0.25, -0.2) is 0 Å². The molecule has 1 N–H and O–H groups in total. The standard InChI is InChI=1S/C15H20N2/c1-3-16-13(2)15-9-10-17(12-15)11-14-7-5-4-6-8-14/h4-10,12-13,16H,3,11H2,1-2H3/t13-/m1/s1. The summed E-state index contributed by atoms with van der Waals surface area (Å²) in [5, 5.41) is 3.43. The van der Waals surface area contributed by atoms with Crippen LogP contribution in [-0.4, -0.2) is 11.1 Å². The molecule has 2 aromatic rings. The summed E-state index contributed by atoms with van der Waals surface area (Å²) in [5.74, 6) is 0. The molecular formula is C15H20N2. The Bertz CT molecular complexity index is 445. The number of rotatable bonds is 5. The number of hydrogen-bond donors (Lipinski definition) is 1. The lowest BCUT2D eigenvalue weighted by molar-refractivity contribution is 0.596. The molecule has 0 bridgehead atoms. The number of benzene rings is 1. The third-order valence-corrected chi connectivity index (χ3v) is 2.99. The van der Waals surface area contributed by atoms with Gasteiger partial charge in [0.1, 0.15) is 0 Å².